The van der Waals surface area contributed by atoms with Crippen LogP contribution >= 0.6 is 0 Å². The number of fused-ring (bicyclic) bond motifs is 1. The van der Waals surface area contributed by atoms with Gasteiger partial charge < -0.3 is 4.90 Å². The van der Waals surface area contributed by atoms with Crippen molar-refractivity contribution in [1.82, 2.24) is 9.21 Å². The Morgan fingerprint density at radius 2 is 1.62 bits per heavy atom. The topological polar surface area (TPSA) is 57.7 Å². The van der Waals surface area contributed by atoms with Gasteiger partial charge in [-0.3, -0.25) is 4.79 Å². The Bertz CT molecular complexity index is 1080. The SMILES string of the molecule is O=C(C1CCN(S(=O)(=O)c2ccc3c(c2)CCC3)CC1)N1CCCC1Cc1ccccc1. The first-order valence-electron chi connectivity index (χ1n) is 12.0. The van der Waals surface area contributed by atoms with E-state index in [4.69, 9.17) is 0 Å². The molecule has 2 aromatic carbocycles. The van der Waals surface area contributed by atoms with E-state index in [-0.39, 0.29) is 17.9 Å². The molecule has 170 valence electrons. The number of sulfonamides is 1. The number of carbonyl (C=O) groups is 1. The standard InChI is InChI=1S/C26H32N2O3S/c29-26(28-15-5-10-24(28)18-20-6-2-1-3-7-20)22-13-16-27(17-14-22)32(30,31)25-12-11-21-8-4-9-23(21)19-25/h1-3,6-7,11-12,19,22,24H,4-5,8-10,13-18H2. The molecule has 0 radical (unpaired) electrons. The maximum absolute atomic E-state index is 13.3. The zero-order chi connectivity index (χ0) is 22.1. The molecule has 0 N–H and O–H groups in total. The molecule has 0 spiro atoms. The third-order valence-electron chi connectivity index (χ3n) is 7.49. The lowest BCUT2D eigenvalue weighted by Gasteiger charge is -2.34. The van der Waals surface area contributed by atoms with Gasteiger partial charge in [0.25, 0.3) is 0 Å². The number of rotatable bonds is 5. The lowest BCUT2D eigenvalue weighted by molar-refractivity contribution is -0.137. The van der Waals surface area contributed by atoms with Crippen molar-refractivity contribution in [2.24, 2.45) is 5.92 Å². The first-order chi connectivity index (χ1) is 15.5. The molecule has 0 aromatic heterocycles. The van der Waals surface area contributed by atoms with Crippen LogP contribution in [0.15, 0.2) is 53.4 Å². The normalized spacial score (nSPS) is 22.2. The van der Waals surface area contributed by atoms with Crippen LogP contribution in [0.3, 0.4) is 0 Å². The molecule has 2 heterocycles. The average molecular weight is 453 g/mol. The van der Waals surface area contributed by atoms with Crippen LogP contribution in [0.4, 0.5) is 0 Å². The van der Waals surface area contributed by atoms with Crippen molar-refractivity contribution >= 4 is 15.9 Å². The predicted molar refractivity (Wildman–Crippen MR) is 125 cm³/mol. The van der Waals surface area contributed by atoms with Gasteiger partial charge in [-0.15, -0.1) is 0 Å². The van der Waals surface area contributed by atoms with Gasteiger partial charge in [-0.25, -0.2) is 8.42 Å². The smallest absolute Gasteiger partial charge is 0.243 e. The predicted octanol–water partition coefficient (Wildman–Crippen LogP) is 3.81. The lowest BCUT2D eigenvalue weighted by atomic mass is 9.95. The maximum atomic E-state index is 13.3. The van der Waals surface area contributed by atoms with Crippen LogP contribution in [0.25, 0.3) is 0 Å². The molecule has 2 aliphatic heterocycles. The summed E-state index contributed by atoms with van der Waals surface area (Å²) >= 11 is 0. The molecule has 1 amide bonds. The van der Waals surface area contributed by atoms with Crippen LogP contribution in [-0.4, -0.2) is 49.2 Å². The van der Waals surface area contributed by atoms with E-state index >= 15 is 0 Å². The molecule has 3 aliphatic rings. The number of likely N-dealkylation sites (tertiary alicyclic amines) is 1. The van der Waals surface area contributed by atoms with E-state index in [1.807, 2.05) is 30.3 Å². The van der Waals surface area contributed by atoms with Gasteiger partial charge in [0.1, 0.15) is 0 Å². The number of benzene rings is 2. The molecule has 0 bridgehead atoms. The number of piperidine rings is 1. The molecule has 0 saturated carbocycles. The van der Waals surface area contributed by atoms with Crippen molar-refractivity contribution in [2.75, 3.05) is 19.6 Å². The highest BCUT2D eigenvalue weighted by Crippen LogP contribution is 2.31. The molecule has 2 aromatic rings. The summed E-state index contributed by atoms with van der Waals surface area (Å²) in [5.74, 6) is 0.149. The van der Waals surface area contributed by atoms with E-state index < -0.39 is 10.0 Å². The lowest BCUT2D eigenvalue weighted by Crippen LogP contribution is -2.46. The second kappa shape index (κ2) is 8.99. The molecular weight excluding hydrogens is 420 g/mol. The summed E-state index contributed by atoms with van der Waals surface area (Å²) in [5, 5.41) is 0. The number of aryl methyl sites for hydroxylation is 2. The van der Waals surface area contributed by atoms with Crippen molar-refractivity contribution in [2.45, 2.75) is 62.3 Å². The third-order valence-corrected chi connectivity index (χ3v) is 9.38. The van der Waals surface area contributed by atoms with Crippen molar-refractivity contribution in [1.29, 1.82) is 0 Å². The summed E-state index contributed by atoms with van der Waals surface area (Å²) in [5.41, 5.74) is 3.73. The van der Waals surface area contributed by atoms with Crippen LogP contribution in [0, 0.1) is 5.92 Å². The van der Waals surface area contributed by atoms with Crippen LogP contribution in [-0.2, 0) is 34.1 Å². The van der Waals surface area contributed by atoms with Gasteiger partial charge in [0.15, 0.2) is 0 Å². The zero-order valence-corrected chi connectivity index (χ0v) is 19.4. The second-order valence-electron chi connectivity index (χ2n) is 9.48. The summed E-state index contributed by atoms with van der Waals surface area (Å²) in [7, 11) is -3.49. The van der Waals surface area contributed by atoms with Crippen molar-refractivity contribution in [3.05, 3.63) is 65.2 Å². The summed E-state index contributed by atoms with van der Waals surface area (Å²) in [6.45, 7) is 1.67. The molecule has 5 rings (SSSR count). The minimum atomic E-state index is -3.49. The highest BCUT2D eigenvalue weighted by molar-refractivity contribution is 7.89. The monoisotopic (exact) mass is 452 g/mol. The Hall–Kier alpha value is -2.18. The Morgan fingerprint density at radius 1 is 0.875 bits per heavy atom. The van der Waals surface area contributed by atoms with Crippen LogP contribution in [0.2, 0.25) is 0 Å². The molecule has 1 aliphatic carbocycles. The fourth-order valence-corrected chi connectivity index (χ4v) is 7.18. The summed E-state index contributed by atoms with van der Waals surface area (Å²) in [6, 6.07) is 16.2. The Kier molecular flexibility index (Phi) is 6.08. The van der Waals surface area contributed by atoms with Crippen LogP contribution in [0.5, 0.6) is 0 Å². The largest absolute Gasteiger partial charge is 0.339 e. The fraction of sp³-hybridized carbons (Fsp3) is 0.500. The van der Waals surface area contributed by atoms with Crippen LogP contribution in [0.1, 0.15) is 48.8 Å². The third kappa shape index (κ3) is 4.23. The fourth-order valence-electron chi connectivity index (χ4n) is 5.66. The number of amides is 1. The van der Waals surface area contributed by atoms with E-state index in [0.717, 1.165) is 45.1 Å². The first-order valence-corrected chi connectivity index (χ1v) is 13.4. The average Bonchev–Trinajstić information content (AvgIpc) is 3.48. The van der Waals surface area contributed by atoms with E-state index in [0.29, 0.717) is 30.8 Å². The zero-order valence-electron chi connectivity index (χ0n) is 18.6. The minimum Gasteiger partial charge on any atom is -0.339 e. The Balaban J connectivity index is 1.22. The van der Waals surface area contributed by atoms with E-state index in [9.17, 15) is 13.2 Å². The number of hydrogen-bond donors (Lipinski definition) is 0. The molecule has 32 heavy (non-hydrogen) atoms. The minimum absolute atomic E-state index is 0.0714. The van der Waals surface area contributed by atoms with E-state index in [1.165, 1.54) is 16.7 Å². The van der Waals surface area contributed by atoms with E-state index in [2.05, 4.69) is 17.0 Å². The van der Waals surface area contributed by atoms with Gasteiger partial charge in [-0.05, 0) is 80.2 Å². The van der Waals surface area contributed by atoms with Gasteiger partial charge in [-0.1, -0.05) is 36.4 Å². The molecule has 1 unspecified atom stereocenters. The highest BCUT2D eigenvalue weighted by atomic mass is 32.2. The highest BCUT2D eigenvalue weighted by Gasteiger charge is 2.37. The number of carbonyl (C=O) groups excluding carboxylic acids is 1. The van der Waals surface area contributed by atoms with Gasteiger partial charge >= 0.3 is 0 Å². The van der Waals surface area contributed by atoms with Crippen LogP contribution < -0.4 is 0 Å². The van der Waals surface area contributed by atoms with Gasteiger partial charge in [-0.2, -0.15) is 4.31 Å². The number of nitrogens with zero attached hydrogens (tertiary/aromatic N) is 2. The Morgan fingerprint density at radius 3 is 2.41 bits per heavy atom. The second-order valence-corrected chi connectivity index (χ2v) is 11.4. The van der Waals surface area contributed by atoms with E-state index in [1.54, 1.807) is 10.4 Å². The Labute approximate surface area is 191 Å². The molecule has 2 saturated heterocycles. The molecular formula is C26H32N2O3S. The number of hydrogen-bond acceptors (Lipinski definition) is 3. The van der Waals surface area contributed by atoms with Gasteiger partial charge in [0.2, 0.25) is 15.9 Å². The summed E-state index contributed by atoms with van der Waals surface area (Å²) in [4.78, 5) is 15.8. The quantitative estimate of drug-likeness (QED) is 0.693. The molecule has 5 nitrogen and oxygen atoms in total. The first kappa shape index (κ1) is 21.7. The molecule has 6 heteroatoms. The van der Waals surface area contributed by atoms with Crippen molar-refractivity contribution in [3.63, 3.8) is 0 Å². The maximum Gasteiger partial charge on any atom is 0.243 e. The van der Waals surface area contributed by atoms with Gasteiger partial charge in [0, 0.05) is 31.6 Å². The summed E-state index contributed by atoms with van der Waals surface area (Å²) < 4.78 is 28.0. The molecule has 2 fully saturated rings. The molecule has 1 atom stereocenters. The van der Waals surface area contributed by atoms with Gasteiger partial charge in [0.05, 0.1) is 4.90 Å². The summed E-state index contributed by atoms with van der Waals surface area (Å²) in [6.07, 6.45) is 7.34. The van der Waals surface area contributed by atoms with Crippen molar-refractivity contribution < 1.29 is 13.2 Å². The van der Waals surface area contributed by atoms with Crippen molar-refractivity contribution in [3.8, 4) is 0 Å².